The van der Waals surface area contributed by atoms with Crippen LogP contribution in [0.1, 0.15) is 77.8 Å². The van der Waals surface area contributed by atoms with Crippen molar-refractivity contribution in [3.8, 4) is 11.5 Å². The minimum atomic E-state index is -1.28. The summed E-state index contributed by atoms with van der Waals surface area (Å²) in [6.45, 7) is 3.87. The summed E-state index contributed by atoms with van der Waals surface area (Å²) >= 11 is 12.3. The monoisotopic (exact) mass is 524 g/mol. The lowest BCUT2D eigenvalue weighted by Crippen LogP contribution is -2.15. The van der Waals surface area contributed by atoms with Crippen molar-refractivity contribution < 1.29 is 38.9 Å². The van der Waals surface area contributed by atoms with Crippen LogP contribution in [0.5, 0.6) is 11.5 Å². The first-order valence-electron chi connectivity index (χ1n) is 11.1. The maximum absolute atomic E-state index is 12.3. The Hall–Kier alpha value is -3.10. The van der Waals surface area contributed by atoms with Gasteiger partial charge in [-0.2, -0.15) is 0 Å². The molecular formula is C25H26Cl2O8. The van der Waals surface area contributed by atoms with E-state index < -0.39 is 23.9 Å². The minimum absolute atomic E-state index is 0.00321. The summed E-state index contributed by atoms with van der Waals surface area (Å²) in [5.74, 6) is -4.63. The summed E-state index contributed by atoms with van der Waals surface area (Å²) in [4.78, 5) is 47.7. The summed E-state index contributed by atoms with van der Waals surface area (Å²) in [7, 11) is 0. The minimum Gasteiger partial charge on any atom is -0.478 e. The molecule has 0 fully saturated rings. The smallest absolute Gasteiger partial charge is 0.339 e. The standard InChI is InChI=1S/C25H26Cl2O8/c1-3-6-14-10-16(24(30)31)22(18(26)12-14)34-20(28)8-5-9-21(29)35-23-17(25(32)33)11-15(7-4-2)13-19(23)27/h10-13H,3-9H2,1-2H3,(H,30,31)(H,32,33). The molecule has 0 bridgehead atoms. The second kappa shape index (κ2) is 13.1. The number of ether oxygens (including phenoxy) is 2. The molecule has 0 atom stereocenters. The van der Waals surface area contributed by atoms with Crippen LogP contribution < -0.4 is 9.47 Å². The quantitative estimate of drug-likeness (QED) is 0.256. The number of carboxylic acids is 2. The fraction of sp³-hybridized carbons (Fsp3) is 0.360. The average molecular weight is 525 g/mol. The Morgan fingerprint density at radius 3 is 1.40 bits per heavy atom. The van der Waals surface area contributed by atoms with E-state index in [0.29, 0.717) is 24.0 Å². The molecule has 10 heteroatoms. The highest BCUT2D eigenvalue weighted by molar-refractivity contribution is 6.33. The van der Waals surface area contributed by atoms with Gasteiger partial charge in [-0.15, -0.1) is 0 Å². The molecule has 2 aromatic carbocycles. The molecule has 0 amide bonds. The summed E-state index contributed by atoms with van der Waals surface area (Å²) in [6.07, 6.45) is 2.36. The molecule has 0 aromatic heterocycles. The fourth-order valence-corrected chi connectivity index (χ4v) is 3.96. The zero-order valence-electron chi connectivity index (χ0n) is 19.4. The number of hydrogen-bond acceptors (Lipinski definition) is 6. The first kappa shape index (κ1) is 28.1. The lowest BCUT2D eigenvalue weighted by Gasteiger charge is -2.12. The molecule has 2 rings (SSSR count). The van der Waals surface area contributed by atoms with Crippen LogP contribution in [0.25, 0.3) is 0 Å². The zero-order valence-corrected chi connectivity index (χ0v) is 20.9. The van der Waals surface area contributed by atoms with E-state index in [1.165, 1.54) is 12.1 Å². The van der Waals surface area contributed by atoms with Crippen LogP contribution in [0.3, 0.4) is 0 Å². The van der Waals surface area contributed by atoms with Crippen LogP contribution in [0.4, 0.5) is 0 Å². The van der Waals surface area contributed by atoms with E-state index in [9.17, 15) is 29.4 Å². The first-order valence-corrected chi connectivity index (χ1v) is 11.9. The number of aromatic carboxylic acids is 2. The highest BCUT2D eigenvalue weighted by Gasteiger charge is 2.22. The van der Waals surface area contributed by atoms with Crippen molar-refractivity contribution in [2.24, 2.45) is 0 Å². The van der Waals surface area contributed by atoms with Crippen LogP contribution in [0.2, 0.25) is 10.0 Å². The molecule has 0 aliphatic rings. The second-order valence-electron chi connectivity index (χ2n) is 7.82. The Morgan fingerprint density at radius 1 is 0.714 bits per heavy atom. The van der Waals surface area contributed by atoms with Crippen LogP contribution in [0.15, 0.2) is 24.3 Å². The third kappa shape index (κ3) is 7.97. The number of carbonyl (C=O) groups excluding carboxylic acids is 2. The van der Waals surface area contributed by atoms with Gasteiger partial charge in [-0.05, 0) is 54.7 Å². The molecule has 0 radical (unpaired) electrons. The van der Waals surface area contributed by atoms with Crippen molar-refractivity contribution in [3.63, 3.8) is 0 Å². The summed E-state index contributed by atoms with van der Waals surface area (Å²) < 4.78 is 10.3. The number of esters is 2. The molecule has 0 saturated carbocycles. The normalized spacial score (nSPS) is 10.6. The van der Waals surface area contributed by atoms with Crippen LogP contribution >= 0.6 is 23.2 Å². The van der Waals surface area contributed by atoms with Crippen molar-refractivity contribution in [3.05, 3.63) is 56.6 Å². The number of aryl methyl sites for hydroxylation is 2. The van der Waals surface area contributed by atoms with Gasteiger partial charge in [0.25, 0.3) is 0 Å². The third-order valence-corrected chi connectivity index (χ3v) is 5.50. The second-order valence-corrected chi connectivity index (χ2v) is 8.64. The van der Waals surface area contributed by atoms with Gasteiger partial charge in [0.15, 0.2) is 11.5 Å². The Labute approximate surface area is 212 Å². The number of carbonyl (C=O) groups is 4. The number of benzene rings is 2. The van der Waals surface area contributed by atoms with Crippen molar-refractivity contribution in [1.82, 2.24) is 0 Å². The lowest BCUT2D eigenvalue weighted by atomic mass is 10.1. The van der Waals surface area contributed by atoms with E-state index in [4.69, 9.17) is 32.7 Å². The van der Waals surface area contributed by atoms with Gasteiger partial charge in [0.1, 0.15) is 11.1 Å². The number of rotatable bonds is 12. The summed E-state index contributed by atoms with van der Waals surface area (Å²) in [5.41, 5.74) is 0.964. The van der Waals surface area contributed by atoms with Crippen molar-refractivity contribution in [2.45, 2.75) is 58.8 Å². The maximum Gasteiger partial charge on any atom is 0.339 e. The first-order chi connectivity index (χ1) is 16.6. The lowest BCUT2D eigenvalue weighted by molar-refractivity contribution is -0.136. The largest absolute Gasteiger partial charge is 0.478 e. The van der Waals surface area contributed by atoms with Gasteiger partial charge in [-0.25, -0.2) is 9.59 Å². The van der Waals surface area contributed by atoms with Gasteiger partial charge >= 0.3 is 23.9 Å². The Balaban J connectivity index is 2.01. The Morgan fingerprint density at radius 2 is 1.09 bits per heavy atom. The molecule has 0 saturated heterocycles. The van der Waals surface area contributed by atoms with Gasteiger partial charge in [0, 0.05) is 12.8 Å². The molecule has 2 N–H and O–H groups in total. The summed E-state index contributed by atoms with van der Waals surface area (Å²) in [5, 5.41) is 18.9. The molecular weight excluding hydrogens is 499 g/mol. The Kier molecular flexibility index (Phi) is 10.5. The summed E-state index contributed by atoms with van der Waals surface area (Å²) in [6, 6.07) is 5.92. The fourth-order valence-electron chi connectivity index (χ4n) is 3.40. The molecule has 0 heterocycles. The third-order valence-electron chi connectivity index (χ3n) is 4.94. The predicted octanol–water partition coefficient (Wildman–Crippen LogP) is 5.98. The number of carboxylic acid groups (broad SMARTS) is 2. The van der Waals surface area contributed by atoms with Gasteiger partial charge < -0.3 is 19.7 Å². The molecule has 0 unspecified atom stereocenters. The van der Waals surface area contributed by atoms with Crippen molar-refractivity contribution in [2.75, 3.05) is 0 Å². The number of hydrogen-bond donors (Lipinski definition) is 2. The zero-order chi connectivity index (χ0) is 26.1. The molecule has 0 aliphatic heterocycles. The molecule has 0 spiro atoms. The van der Waals surface area contributed by atoms with Crippen LogP contribution in [-0.2, 0) is 22.4 Å². The molecule has 188 valence electrons. The van der Waals surface area contributed by atoms with Crippen LogP contribution in [0, 0.1) is 0 Å². The molecule has 0 aliphatic carbocycles. The molecule has 2 aromatic rings. The van der Waals surface area contributed by atoms with E-state index in [0.717, 1.165) is 12.8 Å². The van der Waals surface area contributed by atoms with Crippen molar-refractivity contribution >= 4 is 47.1 Å². The topological polar surface area (TPSA) is 127 Å². The molecule has 35 heavy (non-hydrogen) atoms. The maximum atomic E-state index is 12.3. The van der Waals surface area contributed by atoms with Gasteiger partial charge in [-0.1, -0.05) is 49.9 Å². The average Bonchev–Trinajstić information content (AvgIpc) is 2.77. The van der Waals surface area contributed by atoms with E-state index in [-0.39, 0.29) is 51.9 Å². The van der Waals surface area contributed by atoms with E-state index in [1.54, 1.807) is 12.1 Å². The highest BCUT2D eigenvalue weighted by Crippen LogP contribution is 2.33. The van der Waals surface area contributed by atoms with Crippen LogP contribution in [-0.4, -0.2) is 34.1 Å². The van der Waals surface area contributed by atoms with E-state index in [2.05, 4.69) is 0 Å². The number of halogens is 2. The van der Waals surface area contributed by atoms with E-state index >= 15 is 0 Å². The SMILES string of the molecule is CCCc1cc(Cl)c(OC(=O)CCCC(=O)Oc2c(Cl)cc(CCC)cc2C(=O)O)c(C(=O)O)c1. The van der Waals surface area contributed by atoms with E-state index in [1.807, 2.05) is 13.8 Å². The van der Waals surface area contributed by atoms with Gasteiger partial charge in [0.05, 0.1) is 10.0 Å². The Bertz CT molecular complexity index is 1040. The molecule has 8 nitrogen and oxygen atoms in total. The van der Waals surface area contributed by atoms with Gasteiger partial charge in [0.2, 0.25) is 0 Å². The van der Waals surface area contributed by atoms with Gasteiger partial charge in [-0.3, -0.25) is 9.59 Å². The predicted molar refractivity (Wildman–Crippen MR) is 130 cm³/mol. The highest BCUT2D eigenvalue weighted by atomic mass is 35.5. The van der Waals surface area contributed by atoms with Crippen molar-refractivity contribution in [1.29, 1.82) is 0 Å².